The zero-order chi connectivity index (χ0) is 14.6. The summed E-state index contributed by atoms with van der Waals surface area (Å²) < 4.78 is 31.7. The van der Waals surface area contributed by atoms with Crippen LogP contribution >= 0.6 is 0 Å². The predicted molar refractivity (Wildman–Crippen MR) is 75.0 cm³/mol. The summed E-state index contributed by atoms with van der Waals surface area (Å²) in [4.78, 5) is 8.14. The monoisotopic (exact) mass is 300 g/mol. The predicted octanol–water partition coefficient (Wildman–Crippen LogP) is 0.708. The van der Waals surface area contributed by atoms with E-state index in [0.717, 1.165) is 12.8 Å². The smallest absolute Gasteiger partial charge is 0.246 e. The van der Waals surface area contributed by atoms with Crippen molar-refractivity contribution in [2.45, 2.75) is 30.8 Å². The lowest BCUT2D eigenvalue weighted by Crippen LogP contribution is -2.42. The minimum Gasteiger partial charge on any atom is -0.380 e. The maximum atomic E-state index is 12.5. The Bertz CT molecular complexity index is 532. The van der Waals surface area contributed by atoms with Gasteiger partial charge in [-0.3, -0.25) is 0 Å². The van der Waals surface area contributed by atoms with E-state index in [2.05, 4.69) is 15.3 Å². The molecule has 0 saturated carbocycles. The molecule has 1 atom stereocenters. The van der Waals surface area contributed by atoms with Crippen LogP contribution in [0, 0.1) is 0 Å². The Labute approximate surface area is 119 Å². The Balaban J connectivity index is 2.16. The number of ether oxygens (including phenoxy) is 1. The molecule has 8 heteroatoms. The summed E-state index contributed by atoms with van der Waals surface area (Å²) in [7, 11) is -1.93. The highest BCUT2D eigenvalue weighted by Crippen LogP contribution is 2.21. The van der Waals surface area contributed by atoms with Crippen LogP contribution in [0.15, 0.2) is 17.3 Å². The van der Waals surface area contributed by atoms with Gasteiger partial charge in [-0.2, -0.15) is 4.31 Å². The highest BCUT2D eigenvalue weighted by molar-refractivity contribution is 7.89. The number of methoxy groups -OCH3 is 1. The van der Waals surface area contributed by atoms with Gasteiger partial charge in [0.2, 0.25) is 16.0 Å². The van der Waals surface area contributed by atoms with Gasteiger partial charge in [0.25, 0.3) is 0 Å². The van der Waals surface area contributed by atoms with Crippen LogP contribution in [0.1, 0.15) is 19.8 Å². The van der Waals surface area contributed by atoms with Crippen LogP contribution in [0.4, 0.5) is 5.95 Å². The maximum Gasteiger partial charge on any atom is 0.246 e. The molecule has 1 aromatic rings. The highest BCUT2D eigenvalue weighted by Gasteiger charge is 2.30. The molecular formula is C12H20N4O3S. The fraction of sp³-hybridized carbons (Fsp3) is 0.667. The number of hydrogen-bond acceptors (Lipinski definition) is 6. The van der Waals surface area contributed by atoms with Gasteiger partial charge in [0.05, 0.1) is 18.5 Å². The average Bonchev–Trinajstić information content (AvgIpc) is 2.48. The molecular weight excluding hydrogens is 280 g/mol. The van der Waals surface area contributed by atoms with E-state index in [1.807, 2.05) is 6.92 Å². The van der Waals surface area contributed by atoms with E-state index in [-0.39, 0.29) is 11.0 Å². The maximum absolute atomic E-state index is 12.5. The number of rotatable bonds is 5. The molecule has 7 nitrogen and oxygen atoms in total. The highest BCUT2D eigenvalue weighted by atomic mass is 32.2. The van der Waals surface area contributed by atoms with Gasteiger partial charge in [0.1, 0.15) is 4.90 Å². The number of nitrogens with zero attached hydrogens (tertiary/aromatic N) is 3. The molecule has 1 aromatic heterocycles. The van der Waals surface area contributed by atoms with E-state index in [1.165, 1.54) is 16.7 Å². The lowest BCUT2D eigenvalue weighted by Gasteiger charge is -2.30. The molecule has 1 fully saturated rings. The van der Waals surface area contributed by atoms with E-state index >= 15 is 0 Å². The Hall–Kier alpha value is -1.25. The third kappa shape index (κ3) is 3.25. The molecule has 1 unspecified atom stereocenters. The summed E-state index contributed by atoms with van der Waals surface area (Å²) in [6.45, 7) is 3.51. The molecule has 1 aliphatic heterocycles. The van der Waals surface area contributed by atoms with Crippen LogP contribution in [0.25, 0.3) is 0 Å². The Morgan fingerprint density at radius 2 is 2.15 bits per heavy atom. The number of anilines is 1. The van der Waals surface area contributed by atoms with Crippen LogP contribution in [-0.2, 0) is 14.8 Å². The van der Waals surface area contributed by atoms with Crippen LogP contribution in [-0.4, -0.2) is 55.5 Å². The van der Waals surface area contributed by atoms with Crippen LogP contribution in [0.2, 0.25) is 0 Å². The van der Waals surface area contributed by atoms with Gasteiger partial charge >= 0.3 is 0 Å². The van der Waals surface area contributed by atoms with E-state index < -0.39 is 10.0 Å². The molecule has 0 spiro atoms. The van der Waals surface area contributed by atoms with Crippen molar-refractivity contribution in [1.82, 2.24) is 14.3 Å². The van der Waals surface area contributed by atoms with Gasteiger partial charge in [-0.1, -0.05) is 0 Å². The topological polar surface area (TPSA) is 84.4 Å². The van der Waals surface area contributed by atoms with E-state index in [9.17, 15) is 8.42 Å². The summed E-state index contributed by atoms with van der Waals surface area (Å²) in [6.07, 6.45) is 4.33. The van der Waals surface area contributed by atoms with Crippen molar-refractivity contribution in [2.24, 2.45) is 0 Å². The van der Waals surface area contributed by atoms with Crippen molar-refractivity contribution < 1.29 is 13.2 Å². The van der Waals surface area contributed by atoms with Gasteiger partial charge in [-0.25, -0.2) is 18.4 Å². The molecule has 1 N–H and O–H groups in total. The van der Waals surface area contributed by atoms with Crippen molar-refractivity contribution in [3.63, 3.8) is 0 Å². The first-order chi connectivity index (χ1) is 9.57. The first-order valence-corrected chi connectivity index (χ1v) is 8.10. The zero-order valence-electron chi connectivity index (χ0n) is 11.7. The van der Waals surface area contributed by atoms with Gasteiger partial charge in [0.15, 0.2) is 0 Å². The number of nitrogens with one attached hydrogen (secondary N) is 1. The quantitative estimate of drug-likeness (QED) is 0.862. The lowest BCUT2D eigenvalue weighted by molar-refractivity contribution is 0.0572. The van der Waals surface area contributed by atoms with Gasteiger partial charge in [-0.05, 0) is 19.8 Å². The molecule has 20 heavy (non-hydrogen) atoms. The first kappa shape index (κ1) is 15.1. The molecule has 0 amide bonds. The number of hydrogen-bond donors (Lipinski definition) is 1. The third-order valence-corrected chi connectivity index (χ3v) is 5.09. The molecule has 0 aromatic carbocycles. The van der Waals surface area contributed by atoms with Crippen molar-refractivity contribution >= 4 is 16.0 Å². The summed E-state index contributed by atoms with van der Waals surface area (Å²) in [5.74, 6) is 0.430. The zero-order valence-corrected chi connectivity index (χ0v) is 12.6. The molecule has 0 aliphatic carbocycles. The van der Waals surface area contributed by atoms with E-state index in [4.69, 9.17) is 4.74 Å². The van der Waals surface area contributed by atoms with Crippen LogP contribution < -0.4 is 5.32 Å². The van der Waals surface area contributed by atoms with Crippen molar-refractivity contribution in [3.05, 3.63) is 12.4 Å². The standard InChI is InChI=1S/C12H20N4O3S/c1-3-13-12-14-7-11(8-15-12)20(17,18)16-6-4-5-10(9-16)19-2/h7-8,10H,3-6,9H2,1-2H3,(H,13,14,15). The summed E-state index contributed by atoms with van der Waals surface area (Å²) >= 11 is 0. The first-order valence-electron chi connectivity index (χ1n) is 6.66. The fourth-order valence-corrected chi connectivity index (χ4v) is 3.57. The fourth-order valence-electron chi connectivity index (χ4n) is 2.16. The van der Waals surface area contributed by atoms with Gasteiger partial charge < -0.3 is 10.1 Å². The van der Waals surface area contributed by atoms with E-state index in [0.29, 0.717) is 25.6 Å². The Kier molecular flexibility index (Phi) is 4.90. The second-order valence-corrected chi connectivity index (χ2v) is 6.57. The minimum atomic E-state index is -3.54. The molecule has 0 bridgehead atoms. The third-order valence-electron chi connectivity index (χ3n) is 3.28. The van der Waals surface area contributed by atoms with E-state index in [1.54, 1.807) is 7.11 Å². The minimum absolute atomic E-state index is 0.0412. The second-order valence-electron chi connectivity index (χ2n) is 4.64. The summed E-state index contributed by atoms with van der Waals surface area (Å²) in [5.41, 5.74) is 0. The second kappa shape index (κ2) is 6.47. The Morgan fingerprint density at radius 1 is 1.45 bits per heavy atom. The molecule has 112 valence electrons. The van der Waals surface area contributed by atoms with Crippen LogP contribution in [0.5, 0.6) is 0 Å². The molecule has 2 rings (SSSR count). The van der Waals surface area contributed by atoms with Crippen LogP contribution in [0.3, 0.4) is 0 Å². The SMILES string of the molecule is CCNc1ncc(S(=O)(=O)N2CCCC(OC)C2)cn1. The number of aromatic nitrogens is 2. The molecule has 0 radical (unpaired) electrons. The van der Waals surface area contributed by atoms with Crippen molar-refractivity contribution in [3.8, 4) is 0 Å². The number of sulfonamides is 1. The molecule has 2 heterocycles. The molecule has 1 aliphatic rings. The normalized spacial score (nSPS) is 20.8. The van der Waals surface area contributed by atoms with Gasteiger partial charge in [-0.15, -0.1) is 0 Å². The number of piperidine rings is 1. The molecule has 1 saturated heterocycles. The summed E-state index contributed by atoms with van der Waals surface area (Å²) in [5, 5.41) is 2.93. The van der Waals surface area contributed by atoms with Crippen molar-refractivity contribution in [1.29, 1.82) is 0 Å². The van der Waals surface area contributed by atoms with Gasteiger partial charge in [0, 0.05) is 26.7 Å². The lowest BCUT2D eigenvalue weighted by atomic mass is 10.1. The largest absolute Gasteiger partial charge is 0.380 e. The average molecular weight is 300 g/mol. The Morgan fingerprint density at radius 3 is 2.75 bits per heavy atom. The summed E-state index contributed by atoms with van der Waals surface area (Å²) in [6, 6.07) is 0. The van der Waals surface area contributed by atoms with Crippen molar-refractivity contribution in [2.75, 3.05) is 32.1 Å².